The summed E-state index contributed by atoms with van der Waals surface area (Å²) < 4.78 is 62.3. The van der Waals surface area contributed by atoms with E-state index < -0.39 is 20.5 Å². The molecule has 9 heteroatoms. The largest absolute Gasteiger partial charge is 0.393 e. The van der Waals surface area contributed by atoms with Gasteiger partial charge in [0, 0.05) is 25.3 Å². The van der Waals surface area contributed by atoms with E-state index in [0.29, 0.717) is 42.9 Å². The molecule has 1 fully saturated rings. The van der Waals surface area contributed by atoms with Crippen LogP contribution in [0.15, 0.2) is 47.4 Å². The standard InChI is InChI=1S/C19H21F3N2O3S/c20-17-11-13(1-6-18(17)24-9-7-15(25)8-10-24)12-23-14-2-4-16(5-3-14)28(26,27)19(21)22/h1-6,11,15,19,23,25H,7-10,12H2. The van der Waals surface area contributed by atoms with E-state index in [9.17, 15) is 26.7 Å². The highest BCUT2D eigenvalue weighted by Gasteiger charge is 2.26. The van der Waals surface area contributed by atoms with E-state index in [-0.39, 0.29) is 18.5 Å². The van der Waals surface area contributed by atoms with Crippen LogP contribution in [-0.4, -0.2) is 38.5 Å². The summed E-state index contributed by atoms with van der Waals surface area (Å²) in [6.07, 6.45) is 0.893. The Balaban J connectivity index is 1.63. The summed E-state index contributed by atoms with van der Waals surface area (Å²) in [5.74, 6) is -3.81. The van der Waals surface area contributed by atoms with E-state index in [1.165, 1.54) is 18.2 Å². The zero-order valence-electron chi connectivity index (χ0n) is 15.0. The Hall–Kier alpha value is -2.26. The highest BCUT2D eigenvalue weighted by molar-refractivity contribution is 7.91. The summed E-state index contributed by atoms with van der Waals surface area (Å²) in [7, 11) is -4.62. The SMILES string of the molecule is O=S(=O)(c1ccc(NCc2ccc(N3CCC(O)CC3)c(F)c2)cc1)C(F)F. The van der Waals surface area contributed by atoms with Crippen molar-refractivity contribution in [3.05, 3.63) is 53.8 Å². The summed E-state index contributed by atoms with van der Waals surface area (Å²) in [4.78, 5) is 1.46. The first kappa shape index (κ1) is 20.5. The fourth-order valence-corrected chi connectivity index (χ4v) is 3.81. The van der Waals surface area contributed by atoms with Crippen LogP contribution < -0.4 is 10.2 Å². The number of halogens is 3. The first-order valence-corrected chi connectivity index (χ1v) is 10.4. The maximum atomic E-state index is 14.4. The number of benzene rings is 2. The lowest BCUT2D eigenvalue weighted by atomic mass is 10.1. The number of aliphatic hydroxyl groups excluding tert-OH is 1. The molecule has 0 aliphatic carbocycles. The summed E-state index contributed by atoms with van der Waals surface area (Å²) in [5.41, 5.74) is 1.71. The van der Waals surface area contributed by atoms with Gasteiger partial charge in [-0.1, -0.05) is 6.07 Å². The van der Waals surface area contributed by atoms with Crippen LogP contribution in [0.2, 0.25) is 0 Å². The summed E-state index contributed by atoms with van der Waals surface area (Å²) >= 11 is 0. The predicted molar refractivity (Wildman–Crippen MR) is 101 cm³/mol. The molecule has 0 bridgehead atoms. The van der Waals surface area contributed by atoms with Gasteiger partial charge in [-0.3, -0.25) is 0 Å². The van der Waals surface area contributed by atoms with E-state index in [4.69, 9.17) is 0 Å². The van der Waals surface area contributed by atoms with Gasteiger partial charge in [0.25, 0.3) is 0 Å². The Morgan fingerprint density at radius 1 is 1.11 bits per heavy atom. The lowest BCUT2D eigenvalue weighted by Crippen LogP contribution is -2.36. The Kier molecular flexibility index (Phi) is 6.14. The number of sulfone groups is 1. The average molecular weight is 414 g/mol. The number of piperidine rings is 1. The molecule has 2 N–H and O–H groups in total. The zero-order chi connectivity index (χ0) is 20.3. The number of alkyl halides is 2. The Morgan fingerprint density at radius 2 is 1.75 bits per heavy atom. The number of anilines is 2. The fourth-order valence-electron chi connectivity index (χ4n) is 3.09. The molecule has 1 heterocycles. The first-order chi connectivity index (χ1) is 13.3. The van der Waals surface area contributed by atoms with E-state index in [1.54, 1.807) is 12.1 Å². The van der Waals surface area contributed by atoms with E-state index >= 15 is 0 Å². The Labute approximate surface area is 161 Å². The van der Waals surface area contributed by atoms with E-state index in [1.807, 2.05) is 4.90 Å². The molecule has 0 spiro atoms. The second kappa shape index (κ2) is 8.40. The van der Waals surface area contributed by atoms with Crippen molar-refractivity contribution in [3.63, 3.8) is 0 Å². The van der Waals surface area contributed by atoms with Crippen molar-refractivity contribution in [1.29, 1.82) is 0 Å². The topological polar surface area (TPSA) is 69.6 Å². The molecule has 0 amide bonds. The van der Waals surface area contributed by atoms with Crippen LogP contribution in [0.5, 0.6) is 0 Å². The molecule has 0 radical (unpaired) electrons. The van der Waals surface area contributed by atoms with Gasteiger partial charge >= 0.3 is 5.76 Å². The van der Waals surface area contributed by atoms with Gasteiger partial charge in [0.2, 0.25) is 9.84 Å². The normalized spacial score (nSPS) is 15.8. The molecule has 0 saturated carbocycles. The fraction of sp³-hybridized carbons (Fsp3) is 0.368. The van der Waals surface area contributed by atoms with Crippen LogP contribution in [0.1, 0.15) is 18.4 Å². The van der Waals surface area contributed by atoms with Crippen LogP contribution in [-0.2, 0) is 16.4 Å². The zero-order valence-corrected chi connectivity index (χ0v) is 15.8. The minimum Gasteiger partial charge on any atom is -0.393 e. The van der Waals surface area contributed by atoms with Crippen LogP contribution in [0.4, 0.5) is 24.5 Å². The second-order valence-corrected chi connectivity index (χ2v) is 8.61. The minimum absolute atomic E-state index is 0.289. The Bertz CT molecular complexity index is 913. The van der Waals surface area contributed by atoms with Crippen molar-refractivity contribution in [2.75, 3.05) is 23.3 Å². The summed E-state index contributed by atoms with van der Waals surface area (Å²) in [5, 5.41) is 12.6. The third-order valence-electron chi connectivity index (χ3n) is 4.73. The second-order valence-electron chi connectivity index (χ2n) is 6.69. The minimum atomic E-state index is -4.62. The lowest BCUT2D eigenvalue weighted by Gasteiger charge is -2.31. The smallest absolute Gasteiger partial charge is 0.341 e. The molecule has 0 atom stereocenters. The highest BCUT2D eigenvalue weighted by Crippen LogP contribution is 2.25. The van der Waals surface area contributed by atoms with E-state index in [0.717, 1.165) is 12.1 Å². The molecule has 152 valence electrons. The molecule has 2 aromatic carbocycles. The summed E-state index contributed by atoms with van der Waals surface area (Å²) in [6, 6.07) is 9.89. The molecular weight excluding hydrogens is 393 g/mol. The van der Waals surface area contributed by atoms with Crippen LogP contribution >= 0.6 is 0 Å². The van der Waals surface area contributed by atoms with Gasteiger partial charge in [0.1, 0.15) is 5.82 Å². The van der Waals surface area contributed by atoms with Gasteiger partial charge in [-0.15, -0.1) is 0 Å². The number of rotatable bonds is 6. The Morgan fingerprint density at radius 3 is 2.32 bits per heavy atom. The van der Waals surface area contributed by atoms with E-state index in [2.05, 4.69) is 5.32 Å². The molecule has 2 aromatic rings. The van der Waals surface area contributed by atoms with Gasteiger partial charge in [0.05, 0.1) is 16.7 Å². The van der Waals surface area contributed by atoms with Gasteiger partial charge in [-0.2, -0.15) is 8.78 Å². The van der Waals surface area contributed by atoms with Crippen LogP contribution in [0, 0.1) is 5.82 Å². The van der Waals surface area contributed by atoms with Crippen molar-refractivity contribution < 1.29 is 26.7 Å². The summed E-state index contributed by atoms with van der Waals surface area (Å²) in [6.45, 7) is 1.49. The predicted octanol–water partition coefficient (Wildman–Crippen LogP) is 3.40. The molecule has 1 aliphatic rings. The van der Waals surface area contributed by atoms with Crippen molar-refractivity contribution in [1.82, 2.24) is 0 Å². The van der Waals surface area contributed by atoms with Gasteiger partial charge < -0.3 is 15.3 Å². The molecule has 1 aliphatic heterocycles. The maximum Gasteiger partial charge on any atom is 0.341 e. The number of hydrogen-bond donors (Lipinski definition) is 2. The van der Waals surface area contributed by atoms with Crippen molar-refractivity contribution >= 4 is 21.2 Å². The molecular formula is C19H21F3N2O3S. The van der Waals surface area contributed by atoms with Crippen molar-refractivity contribution in [2.24, 2.45) is 0 Å². The highest BCUT2D eigenvalue weighted by atomic mass is 32.2. The van der Waals surface area contributed by atoms with Crippen LogP contribution in [0.3, 0.4) is 0 Å². The molecule has 1 saturated heterocycles. The molecule has 0 aromatic heterocycles. The van der Waals surface area contributed by atoms with Gasteiger partial charge in [-0.25, -0.2) is 12.8 Å². The monoisotopic (exact) mass is 414 g/mol. The number of aliphatic hydroxyl groups is 1. The molecule has 3 rings (SSSR count). The molecule has 0 unspecified atom stereocenters. The lowest BCUT2D eigenvalue weighted by molar-refractivity contribution is 0.145. The number of hydrogen-bond acceptors (Lipinski definition) is 5. The van der Waals surface area contributed by atoms with Gasteiger partial charge in [0.15, 0.2) is 0 Å². The quantitative estimate of drug-likeness (QED) is 0.758. The molecule has 28 heavy (non-hydrogen) atoms. The van der Waals surface area contributed by atoms with Crippen LogP contribution in [0.25, 0.3) is 0 Å². The molecule has 5 nitrogen and oxygen atoms in total. The van der Waals surface area contributed by atoms with Crippen molar-refractivity contribution in [2.45, 2.75) is 36.1 Å². The average Bonchev–Trinajstić information content (AvgIpc) is 2.67. The third-order valence-corrected chi connectivity index (χ3v) is 6.13. The maximum absolute atomic E-state index is 14.4. The number of nitrogens with zero attached hydrogens (tertiary/aromatic N) is 1. The van der Waals surface area contributed by atoms with Crippen molar-refractivity contribution in [3.8, 4) is 0 Å². The first-order valence-electron chi connectivity index (χ1n) is 8.85. The van der Waals surface area contributed by atoms with Gasteiger partial charge in [-0.05, 0) is 54.8 Å². The number of nitrogens with one attached hydrogen (secondary N) is 1. The third kappa shape index (κ3) is 4.59.